The summed E-state index contributed by atoms with van der Waals surface area (Å²) in [6.45, 7) is 0. The fourth-order valence-electron chi connectivity index (χ4n) is 1.36. The van der Waals surface area contributed by atoms with Crippen molar-refractivity contribution in [3.8, 4) is 11.3 Å². The summed E-state index contributed by atoms with van der Waals surface area (Å²) in [4.78, 5) is 21.6. The van der Waals surface area contributed by atoms with Gasteiger partial charge in [-0.1, -0.05) is 30.3 Å². The Morgan fingerprint density at radius 3 is 2.56 bits per heavy atom. The van der Waals surface area contributed by atoms with Gasteiger partial charge in [-0.2, -0.15) is 5.10 Å². The maximum Gasteiger partial charge on any atom is 0.295 e. The summed E-state index contributed by atoms with van der Waals surface area (Å²) in [5.41, 5.74) is 5.67. The van der Waals surface area contributed by atoms with Crippen LogP contribution in [-0.2, 0) is 0 Å². The topological polar surface area (TPSA) is 101 Å². The molecule has 1 aromatic heterocycles. The molecule has 0 aliphatic carbocycles. The van der Waals surface area contributed by atoms with Gasteiger partial charge < -0.3 is 5.73 Å². The van der Waals surface area contributed by atoms with Crippen LogP contribution in [0.25, 0.3) is 11.3 Å². The molecule has 0 radical (unpaired) electrons. The van der Waals surface area contributed by atoms with Gasteiger partial charge in [0.2, 0.25) is 0 Å². The summed E-state index contributed by atoms with van der Waals surface area (Å²) in [7, 11) is 0. The highest BCUT2D eigenvalue weighted by atomic mass is 16.3. The zero-order chi connectivity index (χ0) is 11.5. The first-order chi connectivity index (χ1) is 7.74. The summed E-state index contributed by atoms with van der Waals surface area (Å²) < 4.78 is 0. The quantitative estimate of drug-likeness (QED) is 0.741. The lowest BCUT2D eigenvalue weighted by molar-refractivity contribution is 0.996. The molecule has 3 N–H and O–H groups in total. The van der Waals surface area contributed by atoms with Crippen LogP contribution < -0.4 is 11.3 Å². The third-order valence-electron chi connectivity index (χ3n) is 2.13. The average Bonchev–Trinajstić information content (AvgIpc) is 2.31. The second kappa shape index (κ2) is 3.93. The van der Waals surface area contributed by atoms with Crippen molar-refractivity contribution in [1.29, 1.82) is 0 Å². The van der Waals surface area contributed by atoms with Crippen LogP contribution in [0.3, 0.4) is 0 Å². The van der Waals surface area contributed by atoms with E-state index in [1.165, 1.54) is 0 Å². The number of benzene rings is 1. The minimum atomic E-state index is -0.688. The average molecular weight is 216 g/mol. The van der Waals surface area contributed by atoms with Crippen LogP contribution in [0.2, 0.25) is 0 Å². The molecular weight excluding hydrogens is 208 g/mol. The SMILES string of the molecule is Nc1c(-c2ccccc2)n[nH]c(=O)c1N=O. The molecule has 80 valence electrons. The van der Waals surface area contributed by atoms with E-state index in [-0.39, 0.29) is 11.4 Å². The molecule has 1 aromatic carbocycles. The molecule has 6 heteroatoms. The number of H-pyrrole nitrogens is 1. The van der Waals surface area contributed by atoms with Crippen LogP contribution in [0.5, 0.6) is 0 Å². The monoisotopic (exact) mass is 216 g/mol. The third-order valence-corrected chi connectivity index (χ3v) is 2.13. The normalized spacial score (nSPS) is 10.0. The number of nitrogens with one attached hydrogen (secondary N) is 1. The Hall–Kier alpha value is -2.50. The first kappa shape index (κ1) is 10.0. The van der Waals surface area contributed by atoms with Gasteiger partial charge in [0.05, 0.1) is 5.69 Å². The number of nitroso groups, excluding NO2 is 1. The molecule has 1 heterocycles. The van der Waals surface area contributed by atoms with Crippen molar-refractivity contribution in [2.24, 2.45) is 5.18 Å². The van der Waals surface area contributed by atoms with E-state index in [9.17, 15) is 9.70 Å². The third kappa shape index (κ3) is 1.56. The van der Waals surface area contributed by atoms with E-state index in [0.717, 1.165) is 0 Å². The maximum atomic E-state index is 11.2. The highest BCUT2D eigenvalue weighted by Gasteiger charge is 2.12. The largest absolute Gasteiger partial charge is 0.395 e. The highest BCUT2D eigenvalue weighted by molar-refractivity contribution is 5.79. The van der Waals surface area contributed by atoms with Gasteiger partial charge >= 0.3 is 0 Å². The molecule has 2 aromatic rings. The van der Waals surface area contributed by atoms with Gasteiger partial charge in [-0.15, -0.1) is 4.91 Å². The van der Waals surface area contributed by atoms with E-state index in [0.29, 0.717) is 11.3 Å². The van der Waals surface area contributed by atoms with Gasteiger partial charge in [0.25, 0.3) is 5.56 Å². The van der Waals surface area contributed by atoms with Crippen molar-refractivity contribution in [2.45, 2.75) is 0 Å². The number of nitrogens with two attached hydrogens (primary N) is 1. The zero-order valence-electron chi connectivity index (χ0n) is 8.18. The van der Waals surface area contributed by atoms with Crippen molar-refractivity contribution in [1.82, 2.24) is 10.2 Å². The Morgan fingerprint density at radius 1 is 1.25 bits per heavy atom. The summed E-state index contributed by atoms with van der Waals surface area (Å²) in [6.07, 6.45) is 0. The number of hydrogen-bond acceptors (Lipinski definition) is 5. The molecule has 0 amide bonds. The lowest BCUT2D eigenvalue weighted by Gasteiger charge is -2.04. The lowest BCUT2D eigenvalue weighted by Crippen LogP contribution is -2.11. The van der Waals surface area contributed by atoms with E-state index < -0.39 is 5.56 Å². The predicted molar refractivity (Wildman–Crippen MR) is 60.2 cm³/mol. The van der Waals surface area contributed by atoms with E-state index in [4.69, 9.17) is 5.73 Å². The summed E-state index contributed by atoms with van der Waals surface area (Å²) in [5, 5.41) is 8.57. The van der Waals surface area contributed by atoms with E-state index >= 15 is 0 Å². The van der Waals surface area contributed by atoms with Crippen LogP contribution in [0.15, 0.2) is 40.3 Å². The number of anilines is 1. The van der Waals surface area contributed by atoms with Crippen molar-refractivity contribution in [2.75, 3.05) is 5.73 Å². The summed E-state index contributed by atoms with van der Waals surface area (Å²) in [5.74, 6) is 0. The summed E-state index contributed by atoms with van der Waals surface area (Å²) >= 11 is 0. The number of aromatic amines is 1. The van der Waals surface area contributed by atoms with Crippen molar-refractivity contribution in [3.05, 3.63) is 45.6 Å². The molecule has 0 aliphatic rings. The van der Waals surface area contributed by atoms with Gasteiger partial charge in [0, 0.05) is 5.56 Å². The first-order valence-corrected chi connectivity index (χ1v) is 4.51. The zero-order valence-corrected chi connectivity index (χ0v) is 8.18. The number of aromatic nitrogens is 2. The molecule has 16 heavy (non-hydrogen) atoms. The van der Waals surface area contributed by atoms with Gasteiger partial charge in [-0.25, -0.2) is 5.10 Å². The van der Waals surface area contributed by atoms with Gasteiger partial charge in [0.15, 0.2) is 5.69 Å². The predicted octanol–water partition coefficient (Wildman–Crippen LogP) is 1.42. The minimum Gasteiger partial charge on any atom is -0.395 e. The fraction of sp³-hybridized carbons (Fsp3) is 0. The van der Waals surface area contributed by atoms with Crippen LogP contribution >= 0.6 is 0 Å². The number of nitrogens with zero attached hydrogens (tertiary/aromatic N) is 2. The number of nitrogen functional groups attached to an aromatic ring is 1. The number of hydrogen-bond donors (Lipinski definition) is 2. The fourth-order valence-corrected chi connectivity index (χ4v) is 1.36. The van der Waals surface area contributed by atoms with E-state index in [1.54, 1.807) is 24.3 Å². The summed E-state index contributed by atoms with van der Waals surface area (Å²) in [6, 6.07) is 8.98. The van der Waals surface area contributed by atoms with Crippen LogP contribution in [0.1, 0.15) is 0 Å². The molecule has 0 aliphatic heterocycles. The molecule has 0 spiro atoms. The van der Waals surface area contributed by atoms with Gasteiger partial charge in [-0.05, 0) is 5.18 Å². The molecule has 2 rings (SSSR count). The Bertz CT molecular complexity index is 577. The molecule has 0 atom stereocenters. The minimum absolute atomic E-state index is 0.00931. The molecule has 0 bridgehead atoms. The van der Waals surface area contributed by atoms with Gasteiger partial charge in [0.1, 0.15) is 5.69 Å². The first-order valence-electron chi connectivity index (χ1n) is 4.51. The van der Waals surface area contributed by atoms with Crippen LogP contribution in [-0.4, -0.2) is 10.2 Å². The standard InChI is InChI=1S/C10H8N4O2/c11-7-8(6-4-2-1-3-5-6)12-13-10(15)9(7)14-16/h1-5H,(H3,11,13,15). The molecular formula is C10H8N4O2. The molecule has 0 fully saturated rings. The van der Waals surface area contributed by atoms with Crippen LogP contribution in [0, 0.1) is 4.91 Å². The highest BCUT2D eigenvalue weighted by Crippen LogP contribution is 2.27. The van der Waals surface area contributed by atoms with Crippen LogP contribution in [0.4, 0.5) is 11.4 Å². The smallest absolute Gasteiger partial charge is 0.295 e. The van der Waals surface area contributed by atoms with E-state index in [1.807, 2.05) is 6.07 Å². The van der Waals surface area contributed by atoms with Crippen molar-refractivity contribution >= 4 is 11.4 Å². The Morgan fingerprint density at radius 2 is 1.94 bits per heavy atom. The molecule has 0 saturated carbocycles. The molecule has 0 unspecified atom stereocenters. The van der Waals surface area contributed by atoms with Crippen molar-refractivity contribution in [3.63, 3.8) is 0 Å². The van der Waals surface area contributed by atoms with Crippen molar-refractivity contribution < 1.29 is 0 Å². The second-order valence-corrected chi connectivity index (χ2v) is 3.12. The van der Waals surface area contributed by atoms with Gasteiger partial charge in [-0.3, -0.25) is 4.79 Å². The Labute approximate surface area is 90.1 Å². The molecule has 0 saturated heterocycles. The second-order valence-electron chi connectivity index (χ2n) is 3.12. The lowest BCUT2D eigenvalue weighted by atomic mass is 10.1. The molecule has 6 nitrogen and oxygen atoms in total. The van der Waals surface area contributed by atoms with E-state index in [2.05, 4.69) is 15.4 Å². The number of rotatable bonds is 2. The Balaban J connectivity index is 2.69. The maximum absolute atomic E-state index is 11.2. The Kier molecular flexibility index (Phi) is 2.47.